The minimum Gasteiger partial charge on any atom is -0.497 e. The summed E-state index contributed by atoms with van der Waals surface area (Å²) in [7, 11) is 2.96. The van der Waals surface area contributed by atoms with Crippen molar-refractivity contribution in [3.05, 3.63) is 53.2 Å². The number of esters is 1. The van der Waals surface area contributed by atoms with Crippen molar-refractivity contribution >= 4 is 45.8 Å². The number of fused-ring (bicyclic) bond motifs is 1. The molecular weight excluding hydrogens is 444 g/mol. The number of halogens is 1. The summed E-state index contributed by atoms with van der Waals surface area (Å²) in [5, 5.41) is 4.06. The minimum absolute atomic E-state index is 0.194. The Hall–Kier alpha value is -3.23. The summed E-state index contributed by atoms with van der Waals surface area (Å²) in [6.45, 7) is 4.61. The van der Waals surface area contributed by atoms with Gasteiger partial charge in [-0.15, -0.1) is 0 Å². The summed E-state index contributed by atoms with van der Waals surface area (Å²) in [4.78, 5) is 32.6. The van der Waals surface area contributed by atoms with Gasteiger partial charge >= 0.3 is 5.97 Å². The minimum atomic E-state index is -0.557. The SMILES string of the molecule is COC(=O)c1[nH]c2ccc(Cl)cc2c1NC(=O)CN1CCN(c2cccc(OC)c2)C(C)C1. The summed E-state index contributed by atoms with van der Waals surface area (Å²) in [5.74, 6) is 0.0583. The summed E-state index contributed by atoms with van der Waals surface area (Å²) in [6.07, 6.45) is 0. The second-order valence-electron chi connectivity index (χ2n) is 8.08. The number of benzene rings is 2. The largest absolute Gasteiger partial charge is 0.497 e. The van der Waals surface area contributed by atoms with Gasteiger partial charge in [0.25, 0.3) is 0 Å². The maximum absolute atomic E-state index is 12.9. The molecule has 1 fully saturated rings. The normalized spacial score (nSPS) is 16.6. The average molecular weight is 471 g/mol. The van der Waals surface area contributed by atoms with Gasteiger partial charge in [0.15, 0.2) is 0 Å². The fourth-order valence-corrected chi connectivity index (χ4v) is 4.45. The molecule has 8 nitrogen and oxygen atoms in total. The molecule has 0 aliphatic carbocycles. The van der Waals surface area contributed by atoms with Crippen LogP contribution in [-0.2, 0) is 9.53 Å². The molecule has 1 saturated heterocycles. The smallest absolute Gasteiger partial charge is 0.356 e. The van der Waals surface area contributed by atoms with E-state index < -0.39 is 5.97 Å². The number of hydrogen-bond acceptors (Lipinski definition) is 6. The van der Waals surface area contributed by atoms with Crippen molar-refractivity contribution in [2.75, 3.05) is 50.6 Å². The van der Waals surface area contributed by atoms with E-state index >= 15 is 0 Å². The number of amides is 1. The molecule has 2 N–H and O–H groups in total. The van der Waals surface area contributed by atoms with Gasteiger partial charge in [-0.25, -0.2) is 4.79 Å². The van der Waals surface area contributed by atoms with Crippen LogP contribution in [0, 0.1) is 0 Å². The molecule has 33 heavy (non-hydrogen) atoms. The van der Waals surface area contributed by atoms with E-state index in [1.807, 2.05) is 18.2 Å². The molecule has 3 aromatic rings. The van der Waals surface area contributed by atoms with Crippen molar-refractivity contribution in [2.45, 2.75) is 13.0 Å². The van der Waals surface area contributed by atoms with Crippen LogP contribution in [0.4, 0.5) is 11.4 Å². The monoisotopic (exact) mass is 470 g/mol. The van der Waals surface area contributed by atoms with Crippen LogP contribution in [0.5, 0.6) is 5.75 Å². The van der Waals surface area contributed by atoms with Crippen LogP contribution in [0.3, 0.4) is 0 Å². The molecule has 0 saturated carbocycles. The Morgan fingerprint density at radius 2 is 2.00 bits per heavy atom. The van der Waals surface area contributed by atoms with E-state index in [-0.39, 0.29) is 24.2 Å². The second-order valence-corrected chi connectivity index (χ2v) is 8.52. The third-order valence-corrected chi connectivity index (χ3v) is 6.11. The van der Waals surface area contributed by atoms with Gasteiger partial charge in [0, 0.05) is 53.4 Å². The molecule has 1 unspecified atom stereocenters. The van der Waals surface area contributed by atoms with Crippen LogP contribution in [0.1, 0.15) is 17.4 Å². The Morgan fingerprint density at radius 3 is 2.73 bits per heavy atom. The molecule has 0 spiro atoms. The number of piperazine rings is 1. The van der Waals surface area contributed by atoms with Gasteiger partial charge in [-0.2, -0.15) is 0 Å². The van der Waals surface area contributed by atoms with E-state index in [0.717, 1.165) is 31.1 Å². The number of anilines is 2. The number of H-pyrrole nitrogens is 1. The van der Waals surface area contributed by atoms with Gasteiger partial charge in [-0.3, -0.25) is 9.69 Å². The highest BCUT2D eigenvalue weighted by atomic mass is 35.5. The van der Waals surface area contributed by atoms with E-state index in [1.165, 1.54) is 7.11 Å². The van der Waals surface area contributed by atoms with Crippen LogP contribution in [-0.4, -0.2) is 68.2 Å². The average Bonchev–Trinajstić information content (AvgIpc) is 3.16. The lowest BCUT2D eigenvalue weighted by atomic mass is 10.1. The first kappa shape index (κ1) is 22.9. The quantitative estimate of drug-likeness (QED) is 0.533. The van der Waals surface area contributed by atoms with Crippen LogP contribution in [0.15, 0.2) is 42.5 Å². The van der Waals surface area contributed by atoms with Crippen molar-refractivity contribution in [1.29, 1.82) is 0 Å². The van der Waals surface area contributed by atoms with Gasteiger partial charge in [-0.05, 0) is 37.3 Å². The number of nitrogens with zero attached hydrogens (tertiary/aromatic N) is 2. The Balaban J connectivity index is 1.45. The summed E-state index contributed by atoms with van der Waals surface area (Å²) in [5.41, 5.74) is 2.37. The van der Waals surface area contributed by atoms with Gasteiger partial charge in [0.1, 0.15) is 11.4 Å². The van der Waals surface area contributed by atoms with Gasteiger partial charge < -0.3 is 24.7 Å². The van der Waals surface area contributed by atoms with Crippen molar-refractivity contribution in [2.24, 2.45) is 0 Å². The summed E-state index contributed by atoms with van der Waals surface area (Å²) in [6, 6.07) is 13.4. The lowest BCUT2D eigenvalue weighted by molar-refractivity contribution is -0.117. The van der Waals surface area contributed by atoms with E-state index in [4.69, 9.17) is 21.1 Å². The lowest BCUT2D eigenvalue weighted by Gasteiger charge is -2.41. The first-order valence-electron chi connectivity index (χ1n) is 10.7. The van der Waals surface area contributed by atoms with Crippen LogP contribution < -0.4 is 15.0 Å². The van der Waals surface area contributed by atoms with Crippen molar-refractivity contribution in [3.63, 3.8) is 0 Å². The van der Waals surface area contributed by atoms with E-state index in [2.05, 4.69) is 33.1 Å². The highest BCUT2D eigenvalue weighted by Gasteiger charge is 2.27. The number of rotatable bonds is 6. The van der Waals surface area contributed by atoms with Crippen molar-refractivity contribution in [3.8, 4) is 5.75 Å². The molecule has 1 atom stereocenters. The number of ether oxygens (including phenoxy) is 2. The molecule has 1 aliphatic rings. The molecule has 1 amide bonds. The number of aromatic amines is 1. The topological polar surface area (TPSA) is 86.9 Å². The third-order valence-electron chi connectivity index (χ3n) is 5.88. The molecule has 1 aliphatic heterocycles. The van der Waals surface area contributed by atoms with Crippen LogP contribution in [0.25, 0.3) is 10.9 Å². The highest BCUT2D eigenvalue weighted by molar-refractivity contribution is 6.31. The zero-order valence-electron chi connectivity index (χ0n) is 18.9. The molecule has 0 bridgehead atoms. The number of carbonyl (C=O) groups is 2. The predicted octanol–water partition coefficient (Wildman–Crippen LogP) is 3.77. The predicted molar refractivity (Wildman–Crippen MR) is 130 cm³/mol. The summed E-state index contributed by atoms with van der Waals surface area (Å²) < 4.78 is 10.2. The molecule has 2 aromatic carbocycles. The number of methoxy groups -OCH3 is 2. The second kappa shape index (κ2) is 9.72. The first-order chi connectivity index (χ1) is 15.9. The Bertz CT molecular complexity index is 1180. The number of nitrogens with one attached hydrogen (secondary N) is 2. The number of aromatic nitrogens is 1. The molecule has 9 heteroatoms. The molecular formula is C24H27ClN4O4. The van der Waals surface area contributed by atoms with E-state index in [9.17, 15) is 9.59 Å². The Morgan fingerprint density at radius 1 is 1.18 bits per heavy atom. The van der Waals surface area contributed by atoms with Crippen molar-refractivity contribution < 1.29 is 19.1 Å². The maximum atomic E-state index is 12.9. The van der Waals surface area contributed by atoms with Crippen molar-refractivity contribution in [1.82, 2.24) is 9.88 Å². The first-order valence-corrected chi connectivity index (χ1v) is 11.1. The molecule has 0 radical (unpaired) electrons. The Labute approximate surface area is 197 Å². The highest BCUT2D eigenvalue weighted by Crippen LogP contribution is 2.31. The summed E-state index contributed by atoms with van der Waals surface area (Å²) >= 11 is 6.14. The van der Waals surface area contributed by atoms with Gasteiger partial charge in [0.2, 0.25) is 5.91 Å². The molecule has 174 valence electrons. The van der Waals surface area contributed by atoms with E-state index in [1.54, 1.807) is 25.3 Å². The zero-order valence-corrected chi connectivity index (χ0v) is 19.6. The fraction of sp³-hybridized carbons (Fsp3) is 0.333. The molecule has 4 rings (SSSR count). The van der Waals surface area contributed by atoms with E-state index in [0.29, 0.717) is 21.6 Å². The standard InChI is InChI=1S/C24H27ClN4O4/c1-15-13-28(9-10-29(15)17-5-4-6-18(12-17)32-2)14-21(30)27-22-19-11-16(25)7-8-20(19)26-23(22)24(31)33-3/h4-8,11-12,15,26H,9-10,13-14H2,1-3H3,(H,27,30). The molecule has 1 aromatic heterocycles. The third kappa shape index (κ3) is 4.91. The molecule has 2 heterocycles. The maximum Gasteiger partial charge on any atom is 0.356 e. The van der Waals surface area contributed by atoms with Crippen LogP contribution in [0.2, 0.25) is 5.02 Å². The fourth-order valence-electron chi connectivity index (χ4n) is 4.28. The number of carbonyl (C=O) groups excluding carboxylic acids is 2. The lowest BCUT2D eigenvalue weighted by Crippen LogP contribution is -2.53. The van der Waals surface area contributed by atoms with Crippen LogP contribution >= 0.6 is 11.6 Å². The Kier molecular flexibility index (Phi) is 6.76. The van der Waals surface area contributed by atoms with Gasteiger partial charge in [0.05, 0.1) is 26.5 Å². The van der Waals surface area contributed by atoms with Gasteiger partial charge in [-0.1, -0.05) is 17.7 Å². The zero-order chi connectivity index (χ0) is 23.5. The number of hydrogen-bond donors (Lipinski definition) is 2.